The van der Waals surface area contributed by atoms with E-state index in [9.17, 15) is 5.11 Å². The second-order valence-corrected chi connectivity index (χ2v) is 6.71. The van der Waals surface area contributed by atoms with Crippen LogP contribution >= 0.6 is 23.2 Å². The van der Waals surface area contributed by atoms with Crippen LogP contribution < -0.4 is 0 Å². The Bertz CT molecular complexity index is 853. The zero-order valence-corrected chi connectivity index (χ0v) is 15.1. The van der Waals surface area contributed by atoms with Gasteiger partial charge >= 0.3 is 0 Å². The van der Waals surface area contributed by atoms with Crippen LogP contribution in [0.2, 0.25) is 10.0 Å². The third-order valence-electron chi connectivity index (χ3n) is 4.19. The van der Waals surface area contributed by atoms with E-state index in [1.165, 1.54) is 5.56 Å². The fraction of sp³-hybridized carbons (Fsp3) is 0.200. The average Bonchev–Trinajstić information content (AvgIpc) is 3.02. The molecule has 0 saturated heterocycles. The van der Waals surface area contributed by atoms with Gasteiger partial charge in [-0.05, 0) is 37.1 Å². The summed E-state index contributed by atoms with van der Waals surface area (Å²) >= 11 is 12.2. The Morgan fingerprint density at radius 1 is 1.00 bits per heavy atom. The molecule has 0 aliphatic carbocycles. The van der Waals surface area contributed by atoms with Gasteiger partial charge in [0.15, 0.2) is 0 Å². The van der Waals surface area contributed by atoms with E-state index in [0.29, 0.717) is 10.0 Å². The highest BCUT2D eigenvalue weighted by Crippen LogP contribution is 2.35. The number of aliphatic hydroxyl groups is 1. The first-order chi connectivity index (χ1) is 11.5. The largest absolute Gasteiger partial charge is 0.384 e. The van der Waals surface area contributed by atoms with Gasteiger partial charge in [-0.2, -0.15) is 0 Å². The minimum Gasteiger partial charge on any atom is -0.384 e. The smallest absolute Gasteiger partial charge is 0.106 e. The Hall–Kier alpha value is -1.74. The van der Waals surface area contributed by atoms with Gasteiger partial charge < -0.3 is 9.67 Å². The van der Waals surface area contributed by atoms with Crippen molar-refractivity contribution in [2.75, 3.05) is 0 Å². The summed E-state index contributed by atoms with van der Waals surface area (Å²) in [4.78, 5) is 0. The minimum absolute atomic E-state index is 0.509. The molecule has 0 aliphatic heterocycles. The summed E-state index contributed by atoms with van der Waals surface area (Å²) in [5, 5.41) is 11.9. The minimum atomic E-state index is -0.692. The standard InChI is InChI=1S/C20H19Cl2NO/c1-3-23-11-16(15-8-9-18(21)19(22)10-15)17(12-23)20(24)14-6-4-13(2)5-7-14/h4-12,20,24H,3H2,1-2H3. The quantitative estimate of drug-likeness (QED) is 0.618. The second kappa shape index (κ2) is 7.02. The van der Waals surface area contributed by atoms with Crippen LogP contribution in [-0.4, -0.2) is 9.67 Å². The van der Waals surface area contributed by atoms with Gasteiger partial charge in [0.1, 0.15) is 6.10 Å². The van der Waals surface area contributed by atoms with E-state index in [-0.39, 0.29) is 0 Å². The van der Waals surface area contributed by atoms with Crippen molar-refractivity contribution in [3.05, 3.63) is 81.6 Å². The number of nitrogens with zero attached hydrogens (tertiary/aromatic N) is 1. The third-order valence-corrected chi connectivity index (χ3v) is 4.93. The lowest BCUT2D eigenvalue weighted by molar-refractivity contribution is 0.220. The molecule has 2 nitrogen and oxygen atoms in total. The lowest BCUT2D eigenvalue weighted by Crippen LogP contribution is -2.00. The maximum Gasteiger partial charge on any atom is 0.106 e. The van der Waals surface area contributed by atoms with Crippen LogP contribution in [-0.2, 0) is 6.54 Å². The maximum atomic E-state index is 10.9. The summed E-state index contributed by atoms with van der Waals surface area (Å²) < 4.78 is 2.06. The first kappa shape index (κ1) is 17.1. The molecule has 0 spiro atoms. The first-order valence-corrected chi connectivity index (χ1v) is 8.65. The van der Waals surface area contributed by atoms with E-state index >= 15 is 0 Å². The summed E-state index contributed by atoms with van der Waals surface area (Å²) in [7, 11) is 0. The van der Waals surface area contributed by atoms with Gasteiger partial charge in [0.05, 0.1) is 10.0 Å². The molecule has 0 bridgehead atoms. The van der Waals surface area contributed by atoms with Crippen molar-refractivity contribution in [2.24, 2.45) is 0 Å². The van der Waals surface area contributed by atoms with Crippen LogP contribution in [0, 0.1) is 6.92 Å². The molecule has 0 fully saturated rings. The highest BCUT2D eigenvalue weighted by atomic mass is 35.5. The highest BCUT2D eigenvalue weighted by molar-refractivity contribution is 6.42. The number of aliphatic hydroxyl groups excluding tert-OH is 1. The zero-order valence-electron chi connectivity index (χ0n) is 13.6. The third kappa shape index (κ3) is 3.36. The summed E-state index contributed by atoms with van der Waals surface area (Å²) in [6.45, 7) is 4.93. The van der Waals surface area contributed by atoms with Crippen LogP contribution in [0.25, 0.3) is 11.1 Å². The molecule has 1 aromatic heterocycles. The Kier molecular flexibility index (Phi) is 5.00. The Balaban J connectivity index is 2.08. The van der Waals surface area contributed by atoms with Gasteiger partial charge in [-0.25, -0.2) is 0 Å². The van der Waals surface area contributed by atoms with E-state index in [0.717, 1.165) is 28.8 Å². The SMILES string of the molecule is CCn1cc(-c2ccc(Cl)c(Cl)c2)c(C(O)c2ccc(C)cc2)c1. The highest BCUT2D eigenvalue weighted by Gasteiger charge is 2.18. The number of hydrogen-bond acceptors (Lipinski definition) is 1. The lowest BCUT2D eigenvalue weighted by Gasteiger charge is -2.13. The predicted octanol–water partition coefficient (Wildman–Crippen LogP) is 5.87. The normalized spacial score (nSPS) is 12.4. The summed E-state index contributed by atoms with van der Waals surface area (Å²) in [6.07, 6.45) is 3.33. The van der Waals surface area contributed by atoms with Gasteiger partial charge in [0, 0.05) is 30.1 Å². The molecule has 24 heavy (non-hydrogen) atoms. The summed E-state index contributed by atoms with van der Waals surface area (Å²) in [6, 6.07) is 13.5. The van der Waals surface area contributed by atoms with E-state index in [1.807, 2.05) is 55.7 Å². The number of rotatable bonds is 4. The molecular weight excluding hydrogens is 341 g/mol. The topological polar surface area (TPSA) is 25.2 Å². The molecule has 1 unspecified atom stereocenters. The lowest BCUT2D eigenvalue weighted by atomic mass is 9.96. The van der Waals surface area contributed by atoms with Crippen LogP contribution in [0.15, 0.2) is 54.9 Å². The van der Waals surface area contributed by atoms with Crippen molar-refractivity contribution >= 4 is 23.2 Å². The molecule has 0 amide bonds. The predicted molar refractivity (Wildman–Crippen MR) is 101 cm³/mol. The van der Waals surface area contributed by atoms with Crippen LogP contribution in [0.3, 0.4) is 0 Å². The van der Waals surface area contributed by atoms with Gasteiger partial charge in [-0.15, -0.1) is 0 Å². The van der Waals surface area contributed by atoms with Crippen molar-refractivity contribution in [1.82, 2.24) is 4.57 Å². The molecule has 3 rings (SSSR count). The van der Waals surface area contributed by atoms with E-state index in [1.54, 1.807) is 6.07 Å². The van der Waals surface area contributed by atoms with Crippen LogP contribution in [0.4, 0.5) is 0 Å². The molecule has 124 valence electrons. The average molecular weight is 360 g/mol. The molecule has 4 heteroatoms. The fourth-order valence-electron chi connectivity index (χ4n) is 2.76. The molecule has 1 atom stereocenters. The van der Waals surface area contributed by atoms with E-state index < -0.39 is 6.10 Å². The van der Waals surface area contributed by atoms with E-state index in [2.05, 4.69) is 11.5 Å². The summed E-state index contributed by atoms with van der Waals surface area (Å²) in [5.74, 6) is 0. The molecule has 1 N–H and O–H groups in total. The second-order valence-electron chi connectivity index (χ2n) is 5.90. The van der Waals surface area contributed by atoms with Crippen molar-refractivity contribution in [3.63, 3.8) is 0 Å². The van der Waals surface area contributed by atoms with Gasteiger partial charge in [0.2, 0.25) is 0 Å². The fourth-order valence-corrected chi connectivity index (χ4v) is 3.06. The number of aromatic nitrogens is 1. The van der Waals surface area contributed by atoms with Crippen molar-refractivity contribution < 1.29 is 5.11 Å². The molecule has 0 radical (unpaired) electrons. The van der Waals surface area contributed by atoms with Crippen molar-refractivity contribution in [3.8, 4) is 11.1 Å². The zero-order chi connectivity index (χ0) is 17.3. The summed E-state index contributed by atoms with van der Waals surface area (Å²) in [5.41, 5.74) is 4.80. The first-order valence-electron chi connectivity index (χ1n) is 7.89. The van der Waals surface area contributed by atoms with Gasteiger partial charge in [-0.1, -0.05) is 59.1 Å². The van der Waals surface area contributed by atoms with Crippen LogP contribution in [0.5, 0.6) is 0 Å². The number of aryl methyl sites for hydroxylation is 2. The van der Waals surface area contributed by atoms with Crippen LogP contribution in [0.1, 0.15) is 29.7 Å². The number of halogens is 2. The Morgan fingerprint density at radius 2 is 1.71 bits per heavy atom. The molecule has 2 aromatic carbocycles. The van der Waals surface area contributed by atoms with Gasteiger partial charge in [0.25, 0.3) is 0 Å². The van der Waals surface area contributed by atoms with Crippen molar-refractivity contribution in [2.45, 2.75) is 26.5 Å². The monoisotopic (exact) mass is 359 g/mol. The Labute approximate surface area is 152 Å². The molecule has 3 aromatic rings. The Morgan fingerprint density at radius 3 is 2.33 bits per heavy atom. The maximum absolute atomic E-state index is 10.9. The van der Waals surface area contributed by atoms with Gasteiger partial charge in [-0.3, -0.25) is 0 Å². The molecule has 0 aliphatic rings. The number of hydrogen-bond donors (Lipinski definition) is 1. The van der Waals surface area contributed by atoms with Crippen molar-refractivity contribution in [1.29, 1.82) is 0 Å². The molecular formula is C20H19Cl2NO. The number of benzene rings is 2. The molecule has 1 heterocycles. The molecule has 0 saturated carbocycles. The van der Waals surface area contributed by atoms with E-state index in [4.69, 9.17) is 23.2 Å².